The van der Waals surface area contributed by atoms with Crippen LogP contribution in [0.25, 0.3) is 0 Å². The second-order valence-corrected chi connectivity index (χ2v) is 2.48. The van der Waals surface area contributed by atoms with Crippen LogP contribution < -0.4 is 10.5 Å². The molecule has 10 heavy (non-hydrogen) atoms. The SMILES string of the molecule is NSCNc1ccccc1. The quantitative estimate of drug-likeness (QED) is 0.513. The molecule has 0 aliphatic carbocycles. The number of anilines is 1. The molecule has 0 amide bonds. The lowest BCUT2D eigenvalue weighted by Crippen LogP contribution is -1.98. The summed E-state index contributed by atoms with van der Waals surface area (Å²) in [5, 5.41) is 8.36. The molecule has 0 heterocycles. The van der Waals surface area contributed by atoms with E-state index in [1.807, 2.05) is 30.3 Å². The van der Waals surface area contributed by atoms with E-state index in [-0.39, 0.29) is 0 Å². The van der Waals surface area contributed by atoms with E-state index in [2.05, 4.69) is 5.32 Å². The summed E-state index contributed by atoms with van der Waals surface area (Å²) in [6, 6.07) is 9.99. The van der Waals surface area contributed by atoms with Crippen molar-refractivity contribution in [2.24, 2.45) is 5.14 Å². The van der Waals surface area contributed by atoms with E-state index in [0.29, 0.717) is 0 Å². The second-order valence-electron chi connectivity index (χ2n) is 1.85. The van der Waals surface area contributed by atoms with E-state index >= 15 is 0 Å². The molecule has 3 N–H and O–H groups in total. The number of rotatable bonds is 3. The van der Waals surface area contributed by atoms with Gasteiger partial charge in [-0.2, -0.15) is 0 Å². The van der Waals surface area contributed by atoms with E-state index in [9.17, 15) is 0 Å². The van der Waals surface area contributed by atoms with Crippen LogP contribution in [0.15, 0.2) is 30.3 Å². The Morgan fingerprint density at radius 3 is 2.60 bits per heavy atom. The number of hydrogen-bond donors (Lipinski definition) is 2. The molecule has 0 saturated heterocycles. The zero-order valence-corrected chi connectivity index (χ0v) is 6.40. The standard InChI is InChI=1S/C7H10N2S/c8-10-6-9-7-4-2-1-3-5-7/h1-5,9H,6,8H2. The Morgan fingerprint density at radius 2 is 2.00 bits per heavy atom. The Hall–Kier alpha value is -0.670. The third-order valence-corrected chi connectivity index (χ3v) is 1.44. The van der Waals surface area contributed by atoms with E-state index in [1.165, 1.54) is 11.9 Å². The number of nitrogens with one attached hydrogen (secondary N) is 1. The Bertz CT molecular complexity index is 176. The zero-order valence-electron chi connectivity index (χ0n) is 5.58. The highest BCUT2D eigenvalue weighted by atomic mass is 32.2. The summed E-state index contributed by atoms with van der Waals surface area (Å²) in [5.41, 5.74) is 1.11. The minimum absolute atomic E-state index is 0.754. The van der Waals surface area contributed by atoms with Gasteiger partial charge < -0.3 is 5.32 Å². The molecule has 1 rings (SSSR count). The monoisotopic (exact) mass is 154 g/mol. The predicted molar refractivity (Wildman–Crippen MR) is 46.7 cm³/mol. The number of para-hydroxylation sites is 1. The van der Waals surface area contributed by atoms with E-state index < -0.39 is 0 Å². The summed E-state index contributed by atoms with van der Waals surface area (Å²) in [6.45, 7) is 0. The molecule has 0 spiro atoms. The van der Waals surface area contributed by atoms with Gasteiger partial charge in [-0.1, -0.05) is 30.1 Å². The molecule has 1 aromatic rings. The molecule has 0 unspecified atom stereocenters. The van der Waals surface area contributed by atoms with Crippen LogP contribution in [0.2, 0.25) is 0 Å². The predicted octanol–water partition coefficient (Wildman–Crippen LogP) is 1.66. The Balaban J connectivity index is 2.43. The number of benzene rings is 1. The van der Waals surface area contributed by atoms with Gasteiger partial charge in [0.2, 0.25) is 0 Å². The van der Waals surface area contributed by atoms with Crippen molar-refractivity contribution in [2.75, 3.05) is 11.2 Å². The van der Waals surface area contributed by atoms with Crippen molar-refractivity contribution < 1.29 is 0 Å². The van der Waals surface area contributed by atoms with Crippen LogP contribution in [0, 0.1) is 0 Å². The van der Waals surface area contributed by atoms with Crippen molar-refractivity contribution in [1.82, 2.24) is 0 Å². The minimum atomic E-state index is 0.754. The maximum absolute atomic E-state index is 5.23. The topological polar surface area (TPSA) is 38.0 Å². The molecule has 1 aromatic carbocycles. The molecule has 0 fully saturated rings. The van der Waals surface area contributed by atoms with Crippen molar-refractivity contribution in [1.29, 1.82) is 0 Å². The molecule has 0 aliphatic heterocycles. The molecule has 0 bridgehead atoms. The molecule has 0 aromatic heterocycles. The molecule has 54 valence electrons. The fourth-order valence-corrected chi connectivity index (χ4v) is 0.931. The Morgan fingerprint density at radius 1 is 1.30 bits per heavy atom. The van der Waals surface area contributed by atoms with Crippen molar-refractivity contribution in [3.8, 4) is 0 Å². The minimum Gasteiger partial charge on any atom is -0.375 e. The summed E-state index contributed by atoms with van der Waals surface area (Å²) in [5.74, 6) is 0.754. The first-order valence-electron chi connectivity index (χ1n) is 3.04. The van der Waals surface area contributed by atoms with Gasteiger partial charge in [0.15, 0.2) is 0 Å². The molecule has 0 saturated carbocycles. The number of nitrogens with two attached hydrogens (primary N) is 1. The summed E-state index contributed by atoms with van der Waals surface area (Å²) >= 11 is 1.29. The van der Waals surface area contributed by atoms with Gasteiger partial charge in [-0.15, -0.1) is 0 Å². The van der Waals surface area contributed by atoms with Gasteiger partial charge in [0.05, 0.1) is 5.88 Å². The maximum Gasteiger partial charge on any atom is 0.0752 e. The van der Waals surface area contributed by atoms with E-state index in [0.717, 1.165) is 11.6 Å². The molecular weight excluding hydrogens is 144 g/mol. The van der Waals surface area contributed by atoms with Crippen molar-refractivity contribution in [3.05, 3.63) is 30.3 Å². The summed E-state index contributed by atoms with van der Waals surface area (Å²) < 4.78 is 0. The molecule has 3 heteroatoms. The van der Waals surface area contributed by atoms with Gasteiger partial charge in [0.1, 0.15) is 0 Å². The summed E-state index contributed by atoms with van der Waals surface area (Å²) in [6.07, 6.45) is 0. The fourth-order valence-electron chi connectivity index (χ4n) is 0.681. The highest BCUT2D eigenvalue weighted by molar-refractivity contribution is 7.97. The van der Waals surface area contributed by atoms with Crippen molar-refractivity contribution in [2.45, 2.75) is 0 Å². The molecule has 2 nitrogen and oxygen atoms in total. The third kappa shape index (κ3) is 2.29. The van der Waals surface area contributed by atoms with Gasteiger partial charge in [0, 0.05) is 5.69 Å². The highest BCUT2D eigenvalue weighted by Crippen LogP contribution is 2.04. The smallest absolute Gasteiger partial charge is 0.0752 e. The molecule has 0 aliphatic rings. The van der Waals surface area contributed by atoms with Crippen molar-refractivity contribution >= 4 is 17.6 Å². The van der Waals surface area contributed by atoms with Gasteiger partial charge in [-0.25, -0.2) is 0 Å². The Kier molecular flexibility index (Phi) is 3.12. The lowest BCUT2D eigenvalue weighted by molar-refractivity contribution is 1.46. The third-order valence-electron chi connectivity index (χ3n) is 1.13. The van der Waals surface area contributed by atoms with Crippen LogP contribution in [0.1, 0.15) is 0 Å². The van der Waals surface area contributed by atoms with Gasteiger partial charge in [-0.3, -0.25) is 5.14 Å². The van der Waals surface area contributed by atoms with E-state index in [1.54, 1.807) is 0 Å². The Labute approximate surface area is 64.9 Å². The van der Waals surface area contributed by atoms with Crippen LogP contribution in [-0.2, 0) is 0 Å². The van der Waals surface area contributed by atoms with Gasteiger partial charge >= 0.3 is 0 Å². The average Bonchev–Trinajstić information content (AvgIpc) is 2.03. The average molecular weight is 154 g/mol. The lowest BCUT2D eigenvalue weighted by atomic mass is 10.3. The van der Waals surface area contributed by atoms with Crippen LogP contribution in [0.5, 0.6) is 0 Å². The van der Waals surface area contributed by atoms with Gasteiger partial charge in [0.25, 0.3) is 0 Å². The van der Waals surface area contributed by atoms with Crippen LogP contribution in [0.4, 0.5) is 5.69 Å². The summed E-state index contributed by atoms with van der Waals surface area (Å²) in [4.78, 5) is 0. The highest BCUT2D eigenvalue weighted by Gasteiger charge is 1.84. The maximum atomic E-state index is 5.23. The molecular formula is C7H10N2S. The van der Waals surface area contributed by atoms with Crippen LogP contribution in [0.3, 0.4) is 0 Å². The lowest BCUT2D eigenvalue weighted by Gasteiger charge is -2.01. The number of hydrogen-bond acceptors (Lipinski definition) is 3. The van der Waals surface area contributed by atoms with Crippen LogP contribution >= 0.6 is 11.9 Å². The normalized spacial score (nSPS) is 9.30. The van der Waals surface area contributed by atoms with E-state index in [4.69, 9.17) is 5.14 Å². The molecule has 0 radical (unpaired) electrons. The van der Waals surface area contributed by atoms with Crippen LogP contribution in [-0.4, -0.2) is 5.88 Å². The van der Waals surface area contributed by atoms with Gasteiger partial charge in [-0.05, 0) is 12.1 Å². The molecule has 0 atom stereocenters. The van der Waals surface area contributed by atoms with Crippen molar-refractivity contribution in [3.63, 3.8) is 0 Å². The first-order valence-corrected chi connectivity index (χ1v) is 4.09. The zero-order chi connectivity index (χ0) is 7.23. The first-order chi connectivity index (χ1) is 4.93. The fraction of sp³-hybridized carbons (Fsp3) is 0.143. The summed E-state index contributed by atoms with van der Waals surface area (Å²) in [7, 11) is 0. The largest absolute Gasteiger partial charge is 0.375 e. The second kappa shape index (κ2) is 4.19. The first kappa shape index (κ1) is 7.44.